The number of H-pyrrole nitrogens is 1. The first-order chi connectivity index (χ1) is 25.3. The second-order valence-electron chi connectivity index (χ2n) is 12.8. The maximum atomic E-state index is 13.2. The lowest BCUT2D eigenvalue weighted by Crippen LogP contribution is -2.54. The summed E-state index contributed by atoms with van der Waals surface area (Å²) in [7, 11) is 0. The maximum Gasteiger partial charge on any atom is 0.266 e. The van der Waals surface area contributed by atoms with E-state index in [4.69, 9.17) is 26.1 Å². The molecule has 4 N–H and O–H groups in total. The van der Waals surface area contributed by atoms with E-state index in [0.29, 0.717) is 29.9 Å². The van der Waals surface area contributed by atoms with Gasteiger partial charge in [0.05, 0.1) is 41.3 Å². The molecule has 7 rings (SSSR count). The van der Waals surface area contributed by atoms with Crippen molar-refractivity contribution in [2.45, 2.75) is 37.8 Å². The number of carbonyl (C=O) groups is 5. The molecule has 0 saturated carbocycles. The van der Waals surface area contributed by atoms with Gasteiger partial charge in [-0.2, -0.15) is 0 Å². The number of imide groups is 2. The molecule has 4 aromatic rings. The van der Waals surface area contributed by atoms with Gasteiger partial charge in [-0.05, 0) is 44.0 Å². The highest BCUT2D eigenvalue weighted by molar-refractivity contribution is 6.33. The summed E-state index contributed by atoms with van der Waals surface area (Å²) in [5.74, 6) is -2.35. The zero-order valence-electron chi connectivity index (χ0n) is 28.2. The van der Waals surface area contributed by atoms with Crippen molar-refractivity contribution < 1.29 is 33.4 Å². The van der Waals surface area contributed by atoms with Crippen molar-refractivity contribution in [1.82, 2.24) is 35.4 Å². The average molecular weight is 729 g/mol. The first-order valence-corrected chi connectivity index (χ1v) is 17.5. The molecule has 0 bridgehead atoms. The van der Waals surface area contributed by atoms with Crippen LogP contribution in [0.3, 0.4) is 0 Å². The summed E-state index contributed by atoms with van der Waals surface area (Å²) < 4.78 is 11.4. The number of nitrogens with one attached hydrogen (secondary N) is 4. The normalized spacial score (nSPS) is 19.1. The van der Waals surface area contributed by atoms with Crippen molar-refractivity contribution in [3.05, 3.63) is 71.0 Å². The summed E-state index contributed by atoms with van der Waals surface area (Å²) in [5.41, 5.74) is 2.66. The molecular weight excluding hydrogens is 692 g/mol. The lowest BCUT2D eigenvalue weighted by atomic mass is 10.0. The fraction of sp³-hybridized carbons (Fsp3) is 0.361. The summed E-state index contributed by atoms with van der Waals surface area (Å²) in [6.07, 6.45) is 5.59. The molecule has 2 aromatic carbocycles. The monoisotopic (exact) mass is 728 g/mol. The van der Waals surface area contributed by atoms with Crippen LogP contribution < -0.4 is 20.7 Å². The molecule has 5 heterocycles. The predicted molar refractivity (Wildman–Crippen MR) is 190 cm³/mol. The Labute approximate surface area is 303 Å². The summed E-state index contributed by atoms with van der Waals surface area (Å²) in [4.78, 5) is 78.2. The second-order valence-corrected chi connectivity index (χ2v) is 13.2. The van der Waals surface area contributed by atoms with Crippen LogP contribution in [-0.4, -0.2) is 112 Å². The number of ether oxygens (including phenoxy) is 2. The topological polar surface area (TPSA) is 188 Å². The van der Waals surface area contributed by atoms with Gasteiger partial charge in [0.15, 0.2) is 6.61 Å². The molecule has 0 spiro atoms. The third-order valence-electron chi connectivity index (χ3n) is 9.34. The first-order valence-electron chi connectivity index (χ1n) is 17.2. The number of piperidine rings is 2. The third-order valence-corrected chi connectivity index (χ3v) is 9.61. The SMILES string of the molecule is O=C(COc1cccc2c1C(=O)N(C1CCC(=O)NC1=O)C2=O)NCCOCCN1CCC[C@@H](Nc2ncc(Cl)c(-c3c[nH]c4ccccc34)n2)C1. The van der Waals surface area contributed by atoms with Crippen LogP contribution in [0, 0.1) is 0 Å². The number of halogens is 1. The Kier molecular flexibility index (Phi) is 10.4. The number of aromatic amines is 1. The maximum absolute atomic E-state index is 13.2. The first kappa shape index (κ1) is 35.0. The number of likely N-dealkylation sites (tertiary alicyclic amines) is 1. The number of aromatic nitrogens is 3. The highest BCUT2D eigenvalue weighted by Crippen LogP contribution is 2.34. The van der Waals surface area contributed by atoms with E-state index in [-0.39, 0.29) is 48.9 Å². The highest BCUT2D eigenvalue weighted by Gasteiger charge is 2.46. The second kappa shape index (κ2) is 15.5. The molecule has 2 atom stereocenters. The summed E-state index contributed by atoms with van der Waals surface area (Å²) in [6, 6.07) is 11.5. The van der Waals surface area contributed by atoms with Crippen LogP contribution in [-0.2, 0) is 19.1 Å². The Morgan fingerprint density at radius 3 is 2.75 bits per heavy atom. The van der Waals surface area contributed by atoms with E-state index in [1.165, 1.54) is 18.2 Å². The van der Waals surface area contributed by atoms with Crippen LogP contribution in [0.1, 0.15) is 46.4 Å². The van der Waals surface area contributed by atoms with Crippen molar-refractivity contribution in [3.63, 3.8) is 0 Å². The molecule has 1 unspecified atom stereocenters. The Hall–Kier alpha value is -5.38. The molecule has 3 aliphatic rings. The summed E-state index contributed by atoms with van der Waals surface area (Å²) in [5, 5.41) is 9.89. The molecule has 2 aromatic heterocycles. The van der Waals surface area contributed by atoms with Gasteiger partial charge in [-0.15, -0.1) is 0 Å². The Morgan fingerprint density at radius 2 is 1.88 bits per heavy atom. The molecule has 2 fully saturated rings. The number of carbonyl (C=O) groups excluding carboxylic acids is 5. The number of rotatable bonds is 13. The Morgan fingerprint density at radius 1 is 1.02 bits per heavy atom. The van der Waals surface area contributed by atoms with Gasteiger partial charge < -0.3 is 25.1 Å². The van der Waals surface area contributed by atoms with Gasteiger partial charge in [0.25, 0.3) is 17.7 Å². The van der Waals surface area contributed by atoms with Gasteiger partial charge in [-0.1, -0.05) is 35.9 Å². The minimum absolute atomic E-state index is 0.0145. The molecule has 15 nitrogen and oxygen atoms in total. The summed E-state index contributed by atoms with van der Waals surface area (Å²) in [6.45, 7) is 3.11. The van der Waals surface area contributed by atoms with Crippen LogP contribution in [0.5, 0.6) is 5.75 Å². The zero-order chi connectivity index (χ0) is 36.2. The molecule has 0 aliphatic carbocycles. The number of nitrogens with zero attached hydrogens (tertiary/aromatic N) is 4. The van der Waals surface area contributed by atoms with Crippen LogP contribution in [0.4, 0.5) is 5.95 Å². The van der Waals surface area contributed by atoms with Crippen LogP contribution >= 0.6 is 11.6 Å². The van der Waals surface area contributed by atoms with Crippen molar-refractivity contribution in [2.75, 3.05) is 51.3 Å². The predicted octanol–water partition coefficient (Wildman–Crippen LogP) is 2.77. The zero-order valence-corrected chi connectivity index (χ0v) is 28.9. The van der Waals surface area contributed by atoms with Crippen LogP contribution in [0.15, 0.2) is 54.9 Å². The van der Waals surface area contributed by atoms with E-state index in [9.17, 15) is 24.0 Å². The molecule has 52 heavy (non-hydrogen) atoms. The number of hydrogen-bond donors (Lipinski definition) is 4. The van der Waals surface area contributed by atoms with Gasteiger partial charge in [0, 0.05) is 54.8 Å². The average Bonchev–Trinajstić information content (AvgIpc) is 3.68. The van der Waals surface area contributed by atoms with Crippen molar-refractivity contribution in [3.8, 4) is 17.0 Å². The number of fused-ring (bicyclic) bond motifs is 2. The van der Waals surface area contributed by atoms with Crippen molar-refractivity contribution in [1.29, 1.82) is 0 Å². The number of anilines is 1. The van der Waals surface area contributed by atoms with Gasteiger partial charge >= 0.3 is 0 Å². The lowest BCUT2D eigenvalue weighted by Gasteiger charge is -2.33. The fourth-order valence-corrected chi connectivity index (χ4v) is 7.00. The quantitative estimate of drug-likeness (QED) is 0.117. The number of benzene rings is 2. The molecule has 16 heteroatoms. The largest absolute Gasteiger partial charge is 0.483 e. The standard InChI is InChI=1S/C36H37ClN8O7/c37-25-18-40-36(43-32(25)24-17-39-26-8-2-1-6-22(24)26)41-21-5-4-13-44(19-21)14-16-51-15-12-38-30(47)20-52-28-9-3-7-23-31(28)35(50)45(34(23)49)27-10-11-29(46)42-33(27)48/h1-3,6-9,17-18,21,27,39H,4-5,10-16,19-20H2,(H,38,47)(H,40,41,43)(H,42,46,48)/t21-,27?/m1/s1. The van der Waals surface area contributed by atoms with E-state index in [1.54, 1.807) is 6.20 Å². The molecule has 3 aliphatic heterocycles. The van der Waals surface area contributed by atoms with E-state index < -0.39 is 35.6 Å². The third kappa shape index (κ3) is 7.47. The summed E-state index contributed by atoms with van der Waals surface area (Å²) >= 11 is 6.51. The van der Waals surface area contributed by atoms with Gasteiger partial charge in [-0.3, -0.25) is 39.1 Å². The van der Waals surface area contributed by atoms with Gasteiger partial charge in [0.1, 0.15) is 11.8 Å². The Balaban J connectivity index is 0.825. The van der Waals surface area contributed by atoms with Crippen LogP contribution in [0.2, 0.25) is 5.02 Å². The number of hydrogen-bond acceptors (Lipinski definition) is 11. The smallest absolute Gasteiger partial charge is 0.266 e. The van der Waals surface area contributed by atoms with Crippen LogP contribution in [0.25, 0.3) is 22.2 Å². The van der Waals surface area contributed by atoms with Crippen molar-refractivity contribution in [2.24, 2.45) is 0 Å². The Bertz CT molecular complexity index is 2040. The van der Waals surface area contributed by atoms with Crippen molar-refractivity contribution >= 4 is 58.0 Å². The van der Waals surface area contributed by atoms with E-state index in [1.807, 2.05) is 30.5 Å². The van der Waals surface area contributed by atoms with Gasteiger partial charge in [0.2, 0.25) is 17.8 Å². The van der Waals surface area contributed by atoms with E-state index in [0.717, 1.165) is 53.8 Å². The van der Waals surface area contributed by atoms with Gasteiger partial charge in [-0.25, -0.2) is 9.97 Å². The van der Waals surface area contributed by atoms with E-state index in [2.05, 4.69) is 30.8 Å². The number of para-hydroxylation sites is 1. The molecule has 5 amide bonds. The molecule has 2 saturated heterocycles. The minimum Gasteiger partial charge on any atom is -0.483 e. The minimum atomic E-state index is -1.09. The lowest BCUT2D eigenvalue weighted by molar-refractivity contribution is -0.136. The van der Waals surface area contributed by atoms with E-state index >= 15 is 0 Å². The molecule has 270 valence electrons. The number of amides is 5. The molecule has 0 radical (unpaired) electrons. The fourth-order valence-electron chi connectivity index (χ4n) is 6.81. The molecular formula is C36H37ClN8O7. The highest BCUT2D eigenvalue weighted by atomic mass is 35.5.